The molecular formula is C32H33ClN4O6. The average molecular weight is 605 g/mol. The first-order chi connectivity index (χ1) is 20.4. The number of halogens is 1. The van der Waals surface area contributed by atoms with Crippen LogP contribution in [-0.2, 0) is 9.47 Å². The first-order valence-electron chi connectivity index (χ1n) is 12.7. The number of carbonyl (C=O) groups is 4. The lowest BCUT2D eigenvalue weighted by Crippen LogP contribution is -2.13. The number of amides is 1. The summed E-state index contributed by atoms with van der Waals surface area (Å²) in [5.41, 5.74) is 22.4. The van der Waals surface area contributed by atoms with Gasteiger partial charge < -0.3 is 32.0 Å². The molecule has 1 amide bonds. The molecule has 0 spiro atoms. The zero-order chi connectivity index (χ0) is 32.1. The second-order valence-electron chi connectivity index (χ2n) is 9.09. The molecule has 0 aliphatic heterocycles. The number of ether oxygens (including phenoxy) is 2. The van der Waals surface area contributed by atoms with Crippen LogP contribution in [0.3, 0.4) is 0 Å². The third-order valence-corrected chi connectivity index (χ3v) is 6.04. The van der Waals surface area contributed by atoms with Crippen LogP contribution in [0.5, 0.6) is 0 Å². The molecule has 0 radical (unpaired) electrons. The van der Waals surface area contributed by atoms with E-state index in [4.69, 9.17) is 28.8 Å². The molecule has 0 saturated carbocycles. The van der Waals surface area contributed by atoms with Crippen molar-refractivity contribution < 1.29 is 28.7 Å². The minimum atomic E-state index is -0.474. The maximum absolute atomic E-state index is 12.1. The SMILES string of the molecule is COC(=O)c1ccc(N)c(N)c1.COC(=O)c1ccc(NC(=O)c2ccc(C)cc2)c(N)c1.Cc1ccc(C(=O)Cl)cc1. The topological polar surface area (TPSA) is 177 Å². The van der Waals surface area contributed by atoms with Gasteiger partial charge in [0.15, 0.2) is 0 Å². The zero-order valence-electron chi connectivity index (χ0n) is 24.1. The average Bonchev–Trinajstić information content (AvgIpc) is 3.00. The summed E-state index contributed by atoms with van der Waals surface area (Å²) >= 11 is 5.22. The van der Waals surface area contributed by atoms with Gasteiger partial charge in [-0.2, -0.15) is 0 Å². The number of hydrogen-bond acceptors (Lipinski definition) is 9. The fraction of sp³-hybridized carbons (Fsp3) is 0.125. The van der Waals surface area contributed by atoms with E-state index in [0.29, 0.717) is 45.0 Å². The second-order valence-corrected chi connectivity index (χ2v) is 9.43. The summed E-state index contributed by atoms with van der Waals surface area (Å²) in [4.78, 5) is 45.0. The predicted octanol–water partition coefficient (Wildman–Crippen LogP) is 5.63. The molecule has 4 rings (SSSR count). The molecule has 4 aromatic rings. The van der Waals surface area contributed by atoms with Gasteiger partial charge in [0.2, 0.25) is 0 Å². The molecule has 0 fully saturated rings. The van der Waals surface area contributed by atoms with Crippen LogP contribution in [0.4, 0.5) is 22.7 Å². The lowest BCUT2D eigenvalue weighted by Gasteiger charge is -2.09. The van der Waals surface area contributed by atoms with Crippen LogP contribution in [0, 0.1) is 13.8 Å². The summed E-state index contributed by atoms with van der Waals surface area (Å²) in [5, 5.41) is 2.31. The lowest BCUT2D eigenvalue weighted by atomic mass is 10.1. The Bertz CT molecular complexity index is 1590. The molecule has 0 aliphatic carbocycles. The molecule has 0 unspecified atom stereocenters. The van der Waals surface area contributed by atoms with E-state index in [0.717, 1.165) is 11.1 Å². The molecule has 0 saturated heterocycles. The van der Waals surface area contributed by atoms with Crippen molar-refractivity contribution in [3.63, 3.8) is 0 Å². The van der Waals surface area contributed by atoms with Gasteiger partial charge in [0.1, 0.15) is 0 Å². The monoisotopic (exact) mass is 604 g/mol. The fourth-order valence-corrected chi connectivity index (χ4v) is 3.45. The van der Waals surface area contributed by atoms with Crippen molar-refractivity contribution in [2.75, 3.05) is 36.7 Å². The number of nitrogens with one attached hydrogen (secondary N) is 1. The van der Waals surface area contributed by atoms with E-state index in [1.807, 2.05) is 38.1 Å². The Labute approximate surface area is 254 Å². The van der Waals surface area contributed by atoms with Crippen LogP contribution in [0.1, 0.15) is 52.6 Å². The molecule has 11 heteroatoms. The summed E-state index contributed by atoms with van der Waals surface area (Å²) < 4.78 is 9.11. The Hall–Kier alpha value is -5.35. The van der Waals surface area contributed by atoms with Crippen molar-refractivity contribution in [1.82, 2.24) is 0 Å². The third kappa shape index (κ3) is 10.5. The predicted molar refractivity (Wildman–Crippen MR) is 169 cm³/mol. The molecule has 43 heavy (non-hydrogen) atoms. The summed E-state index contributed by atoms with van der Waals surface area (Å²) in [6.07, 6.45) is 0. The quantitative estimate of drug-likeness (QED) is 0.128. The minimum absolute atomic E-state index is 0.257. The highest BCUT2D eigenvalue weighted by atomic mass is 35.5. The Morgan fingerprint density at radius 3 is 1.42 bits per heavy atom. The van der Waals surface area contributed by atoms with Crippen molar-refractivity contribution in [3.05, 3.63) is 118 Å². The van der Waals surface area contributed by atoms with Crippen LogP contribution in [0.2, 0.25) is 0 Å². The Kier molecular flexibility index (Phi) is 12.7. The van der Waals surface area contributed by atoms with Gasteiger partial charge in [-0.3, -0.25) is 9.59 Å². The standard InChI is InChI=1S/C16H16N2O3.C8H7ClO.C8H10N2O2/c1-10-3-5-11(6-4-10)15(19)18-14-8-7-12(9-13(14)17)16(20)21-2;1-6-2-4-7(5-3-6)8(9)10;1-12-8(11)5-2-3-6(9)7(10)4-5/h3-9H,17H2,1-2H3,(H,18,19);2-5H,1H3;2-4H,9-10H2,1H3. The van der Waals surface area contributed by atoms with Gasteiger partial charge in [0.25, 0.3) is 11.1 Å². The number of rotatable bonds is 5. The van der Waals surface area contributed by atoms with Crippen LogP contribution in [0.15, 0.2) is 84.9 Å². The van der Waals surface area contributed by atoms with Gasteiger partial charge in [-0.15, -0.1) is 0 Å². The minimum Gasteiger partial charge on any atom is -0.465 e. The first kappa shape index (κ1) is 33.9. The van der Waals surface area contributed by atoms with E-state index >= 15 is 0 Å². The number of anilines is 4. The van der Waals surface area contributed by atoms with Gasteiger partial charge in [-0.25, -0.2) is 9.59 Å². The van der Waals surface area contributed by atoms with Crippen LogP contribution < -0.4 is 22.5 Å². The molecule has 7 N–H and O–H groups in total. The summed E-state index contributed by atoms with van der Waals surface area (Å²) in [6, 6.07) is 23.6. The number of nitrogen functional groups attached to an aromatic ring is 3. The Morgan fingerprint density at radius 1 is 0.581 bits per heavy atom. The molecular weight excluding hydrogens is 572 g/mol. The lowest BCUT2D eigenvalue weighted by molar-refractivity contribution is 0.0592. The molecule has 0 atom stereocenters. The van der Waals surface area contributed by atoms with Crippen molar-refractivity contribution in [2.24, 2.45) is 0 Å². The smallest absolute Gasteiger partial charge is 0.337 e. The van der Waals surface area contributed by atoms with Crippen molar-refractivity contribution >= 4 is 57.4 Å². The molecule has 0 aromatic heterocycles. The maximum atomic E-state index is 12.1. The zero-order valence-corrected chi connectivity index (χ0v) is 24.9. The molecule has 0 bridgehead atoms. The van der Waals surface area contributed by atoms with Gasteiger partial charge in [0, 0.05) is 11.1 Å². The number of aryl methyl sites for hydroxylation is 2. The van der Waals surface area contributed by atoms with Crippen LogP contribution >= 0.6 is 11.6 Å². The number of carbonyl (C=O) groups excluding carboxylic acids is 4. The van der Waals surface area contributed by atoms with Gasteiger partial charge in [-0.05, 0) is 86.1 Å². The largest absolute Gasteiger partial charge is 0.465 e. The van der Waals surface area contributed by atoms with Crippen LogP contribution in [0.25, 0.3) is 0 Å². The van der Waals surface area contributed by atoms with Crippen molar-refractivity contribution in [3.8, 4) is 0 Å². The maximum Gasteiger partial charge on any atom is 0.337 e. The molecule has 10 nitrogen and oxygen atoms in total. The number of methoxy groups -OCH3 is 2. The second kappa shape index (κ2) is 16.2. The molecule has 0 heterocycles. The Balaban J connectivity index is 0.000000248. The van der Waals surface area contributed by atoms with Crippen molar-refractivity contribution in [1.29, 1.82) is 0 Å². The highest BCUT2D eigenvalue weighted by molar-refractivity contribution is 6.67. The summed E-state index contributed by atoms with van der Waals surface area (Å²) in [6.45, 7) is 3.91. The van der Waals surface area contributed by atoms with Gasteiger partial charge in [-0.1, -0.05) is 35.4 Å². The molecule has 4 aromatic carbocycles. The summed E-state index contributed by atoms with van der Waals surface area (Å²) in [7, 11) is 2.61. The summed E-state index contributed by atoms with van der Waals surface area (Å²) in [5.74, 6) is -1.15. The first-order valence-corrected chi connectivity index (χ1v) is 13.1. The van der Waals surface area contributed by atoms with Crippen LogP contribution in [-0.4, -0.2) is 37.3 Å². The van der Waals surface area contributed by atoms with E-state index in [2.05, 4.69) is 14.8 Å². The number of esters is 2. The molecule has 0 aliphatic rings. The van der Waals surface area contributed by atoms with E-state index in [9.17, 15) is 19.2 Å². The highest BCUT2D eigenvalue weighted by Crippen LogP contribution is 2.21. The van der Waals surface area contributed by atoms with E-state index in [-0.39, 0.29) is 5.91 Å². The van der Waals surface area contributed by atoms with E-state index < -0.39 is 17.2 Å². The normalized spacial score (nSPS) is 9.70. The number of nitrogens with two attached hydrogens (primary N) is 3. The van der Waals surface area contributed by atoms with E-state index in [1.54, 1.807) is 48.5 Å². The van der Waals surface area contributed by atoms with Crippen molar-refractivity contribution in [2.45, 2.75) is 13.8 Å². The number of hydrogen-bond donors (Lipinski definition) is 4. The molecule has 224 valence electrons. The Morgan fingerprint density at radius 2 is 1.00 bits per heavy atom. The van der Waals surface area contributed by atoms with Gasteiger partial charge >= 0.3 is 11.9 Å². The van der Waals surface area contributed by atoms with Gasteiger partial charge in [0.05, 0.1) is 48.1 Å². The third-order valence-electron chi connectivity index (χ3n) is 5.82. The highest BCUT2D eigenvalue weighted by Gasteiger charge is 2.11. The number of benzene rings is 4. The fourth-order valence-electron chi connectivity index (χ4n) is 3.32. The van der Waals surface area contributed by atoms with E-state index in [1.165, 1.54) is 26.4 Å².